The largest absolute Gasteiger partial charge is 0.394 e. The first kappa shape index (κ1) is 14.0. The first-order valence-electron chi connectivity index (χ1n) is 6.49. The van der Waals surface area contributed by atoms with Crippen LogP contribution in [0.2, 0.25) is 0 Å². The van der Waals surface area contributed by atoms with Gasteiger partial charge in [-0.3, -0.25) is 4.90 Å². The van der Waals surface area contributed by atoms with E-state index in [2.05, 4.69) is 45.2 Å². The zero-order valence-corrected chi connectivity index (χ0v) is 12.4. The quantitative estimate of drug-likeness (QED) is 0.895. The van der Waals surface area contributed by atoms with Crippen LogP contribution in [0.1, 0.15) is 18.9 Å². The lowest BCUT2D eigenvalue weighted by Crippen LogP contribution is -2.48. The molecule has 1 saturated heterocycles. The summed E-state index contributed by atoms with van der Waals surface area (Å²) < 4.78 is 1.07. The molecule has 0 aliphatic carbocycles. The van der Waals surface area contributed by atoms with Crippen LogP contribution in [0.3, 0.4) is 0 Å². The van der Waals surface area contributed by atoms with Crippen LogP contribution in [0.15, 0.2) is 28.7 Å². The summed E-state index contributed by atoms with van der Waals surface area (Å²) in [5.74, 6) is 0. The molecule has 1 heterocycles. The summed E-state index contributed by atoms with van der Waals surface area (Å²) in [5.41, 5.74) is 0.891. The smallest absolute Gasteiger partial charge is 0.0665 e. The highest BCUT2D eigenvalue weighted by Gasteiger charge is 2.33. The number of nitrogens with one attached hydrogen (secondary N) is 1. The molecule has 2 N–H and O–H groups in total. The van der Waals surface area contributed by atoms with E-state index in [1.54, 1.807) is 0 Å². The molecule has 1 fully saturated rings. The van der Waals surface area contributed by atoms with Crippen molar-refractivity contribution in [3.05, 3.63) is 34.3 Å². The molecule has 1 aromatic carbocycles. The van der Waals surface area contributed by atoms with E-state index in [0.29, 0.717) is 0 Å². The van der Waals surface area contributed by atoms with E-state index in [-0.39, 0.29) is 12.1 Å². The molecule has 0 bridgehead atoms. The summed E-state index contributed by atoms with van der Waals surface area (Å²) in [6, 6.07) is 8.27. The number of nitrogens with zero attached hydrogens (tertiary/aromatic N) is 1. The van der Waals surface area contributed by atoms with Crippen molar-refractivity contribution in [3.8, 4) is 0 Å². The predicted octanol–water partition coefficient (Wildman–Crippen LogP) is 1.95. The summed E-state index contributed by atoms with van der Waals surface area (Å²) in [5, 5.41) is 13.3. The van der Waals surface area contributed by atoms with Crippen LogP contribution in [-0.2, 0) is 5.54 Å². The molecule has 0 amide bonds. The highest BCUT2D eigenvalue weighted by atomic mass is 79.9. The molecule has 18 heavy (non-hydrogen) atoms. The van der Waals surface area contributed by atoms with Gasteiger partial charge in [0.2, 0.25) is 0 Å². The Bertz CT molecular complexity index is 374. The second-order valence-corrected chi connectivity index (χ2v) is 5.95. The Morgan fingerprint density at radius 1 is 1.28 bits per heavy atom. The summed E-state index contributed by atoms with van der Waals surface area (Å²) in [4.78, 5) is 2.39. The highest BCUT2D eigenvalue weighted by Crippen LogP contribution is 2.29. The fourth-order valence-electron chi connectivity index (χ4n) is 2.52. The van der Waals surface area contributed by atoms with Gasteiger partial charge in [-0.25, -0.2) is 0 Å². The molecule has 1 atom stereocenters. The van der Waals surface area contributed by atoms with E-state index in [9.17, 15) is 5.11 Å². The van der Waals surface area contributed by atoms with E-state index in [4.69, 9.17) is 0 Å². The molecule has 1 aliphatic heterocycles. The Labute approximate surface area is 117 Å². The Morgan fingerprint density at radius 2 is 2.00 bits per heavy atom. The van der Waals surface area contributed by atoms with Crippen LogP contribution in [-0.4, -0.2) is 42.8 Å². The summed E-state index contributed by atoms with van der Waals surface area (Å²) in [6.07, 6.45) is 1.13. The van der Waals surface area contributed by atoms with E-state index in [1.807, 2.05) is 12.1 Å². The fraction of sp³-hybridized carbons (Fsp3) is 0.571. The van der Waals surface area contributed by atoms with Crippen LogP contribution in [0.4, 0.5) is 0 Å². The second-order valence-electron chi connectivity index (χ2n) is 5.03. The standard InChI is InChI=1S/C14H21BrN2O/c1-14(11-18,12-3-5-13(15)6-4-12)17-9-2-7-16-8-10-17/h3-6,16,18H,2,7-11H2,1H3. The van der Waals surface area contributed by atoms with Gasteiger partial charge in [0.05, 0.1) is 12.1 Å². The molecule has 0 aromatic heterocycles. The van der Waals surface area contributed by atoms with Gasteiger partial charge in [-0.1, -0.05) is 28.1 Å². The minimum absolute atomic E-state index is 0.147. The molecule has 100 valence electrons. The van der Waals surface area contributed by atoms with Gasteiger partial charge in [0.15, 0.2) is 0 Å². The number of halogens is 1. The van der Waals surface area contributed by atoms with Gasteiger partial charge < -0.3 is 10.4 Å². The Hall–Kier alpha value is -0.420. The van der Waals surface area contributed by atoms with E-state index >= 15 is 0 Å². The third-order valence-corrected chi connectivity index (χ3v) is 4.34. The van der Waals surface area contributed by atoms with Crippen molar-refractivity contribution in [2.24, 2.45) is 0 Å². The summed E-state index contributed by atoms with van der Waals surface area (Å²) in [6.45, 7) is 6.34. The van der Waals surface area contributed by atoms with Gasteiger partial charge in [-0.05, 0) is 37.6 Å². The molecular formula is C14H21BrN2O. The van der Waals surface area contributed by atoms with Crippen molar-refractivity contribution in [2.45, 2.75) is 18.9 Å². The molecule has 1 aromatic rings. The van der Waals surface area contributed by atoms with E-state index in [0.717, 1.165) is 37.1 Å². The molecule has 1 aliphatic rings. The van der Waals surface area contributed by atoms with Crippen LogP contribution in [0, 0.1) is 0 Å². The number of rotatable bonds is 3. The first-order chi connectivity index (χ1) is 8.66. The SMILES string of the molecule is CC(CO)(c1ccc(Br)cc1)N1CCCNCC1. The van der Waals surface area contributed by atoms with Crippen LogP contribution < -0.4 is 5.32 Å². The number of aliphatic hydroxyl groups excluding tert-OH is 1. The zero-order valence-electron chi connectivity index (χ0n) is 10.8. The Kier molecular flexibility index (Phi) is 4.78. The van der Waals surface area contributed by atoms with Crippen molar-refractivity contribution < 1.29 is 5.11 Å². The lowest BCUT2D eigenvalue weighted by atomic mass is 9.90. The average Bonchev–Trinajstić information content (AvgIpc) is 2.68. The van der Waals surface area contributed by atoms with Crippen molar-refractivity contribution in [1.82, 2.24) is 10.2 Å². The van der Waals surface area contributed by atoms with Crippen LogP contribution in [0.25, 0.3) is 0 Å². The molecular weight excluding hydrogens is 292 g/mol. The molecule has 1 unspecified atom stereocenters. The highest BCUT2D eigenvalue weighted by molar-refractivity contribution is 9.10. The first-order valence-corrected chi connectivity index (χ1v) is 7.29. The van der Waals surface area contributed by atoms with Gasteiger partial charge >= 0.3 is 0 Å². The Morgan fingerprint density at radius 3 is 2.67 bits per heavy atom. The third kappa shape index (κ3) is 2.94. The monoisotopic (exact) mass is 312 g/mol. The molecule has 0 spiro atoms. The predicted molar refractivity (Wildman–Crippen MR) is 77.6 cm³/mol. The normalized spacial score (nSPS) is 21.3. The molecule has 4 heteroatoms. The minimum atomic E-state index is -0.285. The van der Waals surface area contributed by atoms with Gasteiger partial charge in [0.25, 0.3) is 0 Å². The fourth-order valence-corrected chi connectivity index (χ4v) is 2.79. The number of hydrogen-bond acceptors (Lipinski definition) is 3. The van der Waals surface area contributed by atoms with Crippen LogP contribution >= 0.6 is 15.9 Å². The lowest BCUT2D eigenvalue weighted by molar-refractivity contribution is 0.0453. The van der Waals surface area contributed by atoms with Crippen molar-refractivity contribution >= 4 is 15.9 Å². The van der Waals surface area contributed by atoms with Gasteiger partial charge in [0, 0.05) is 24.1 Å². The number of hydrogen-bond donors (Lipinski definition) is 2. The lowest BCUT2D eigenvalue weighted by Gasteiger charge is -2.40. The Balaban J connectivity index is 2.25. The third-order valence-electron chi connectivity index (χ3n) is 3.81. The van der Waals surface area contributed by atoms with Crippen molar-refractivity contribution in [2.75, 3.05) is 32.8 Å². The molecule has 0 saturated carbocycles. The van der Waals surface area contributed by atoms with Gasteiger partial charge in [0.1, 0.15) is 0 Å². The van der Waals surface area contributed by atoms with Gasteiger partial charge in [-0.15, -0.1) is 0 Å². The number of benzene rings is 1. The summed E-state index contributed by atoms with van der Waals surface area (Å²) in [7, 11) is 0. The minimum Gasteiger partial charge on any atom is -0.394 e. The zero-order chi connectivity index (χ0) is 13.0. The molecule has 2 rings (SSSR count). The van der Waals surface area contributed by atoms with Crippen LogP contribution in [0.5, 0.6) is 0 Å². The summed E-state index contributed by atoms with van der Waals surface area (Å²) >= 11 is 3.46. The maximum absolute atomic E-state index is 9.88. The van der Waals surface area contributed by atoms with Crippen molar-refractivity contribution in [1.29, 1.82) is 0 Å². The van der Waals surface area contributed by atoms with E-state index < -0.39 is 0 Å². The average molecular weight is 313 g/mol. The maximum atomic E-state index is 9.88. The molecule has 3 nitrogen and oxygen atoms in total. The van der Waals surface area contributed by atoms with Gasteiger partial charge in [-0.2, -0.15) is 0 Å². The second kappa shape index (κ2) is 6.15. The van der Waals surface area contributed by atoms with Crippen molar-refractivity contribution in [3.63, 3.8) is 0 Å². The number of aliphatic hydroxyl groups is 1. The molecule has 0 radical (unpaired) electrons. The topological polar surface area (TPSA) is 35.5 Å². The van der Waals surface area contributed by atoms with E-state index in [1.165, 1.54) is 5.56 Å². The maximum Gasteiger partial charge on any atom is 0.0665 e.